The van der Waals surface area contributed by atoms with Gasteiger partial charge in [-0.3, -0.25) is 4.79 Å². The standard InChI is InChI=1S/C16H15ClN2O2/c1-10-6-7-11(17)8-13(10)19-16(20)15-9-18-12-4-2-3-5-14(12)21-15/h2-8,15,18H,9H2,1H3,(H,19,20). The van der Waals surface area contributed by atoms with Crippen molar-refractivity contribution in [3.05, 3.63) is 53.1 Å². The van der Waals surface area contributed by atoms with Gasteiger partial charge in [-0.1, -0.05) is 29.8 Å². The minimum Gasteiger partial charge on any atom is -0.477 e. The number of amides is 1. The van der Waals surface area contributed by atoms with E-state index in [1.54, 1.807) is 12.1 Å². The van der Waals surface area contributed by atoms with Gasteiger partial charge in [0.25, 0.3) is 5.91 Å². The number of anilines is 2. The smallest absolute Gasteiger partial charge is 0.267 e. The van der Waals surface area contributed by atoms with E-state index in [-0.39, 0.29) is 5.91 Å². The van der Waals surface area contributed by atoms with E-state index in [1.165, 1.54) is 0 Å². The summed E-state index contributed by atoms with van der Waals surface area (Å²) in [6.07, 6.45) is -0.571. The molecule has 0 spiro atoms. The number of para-hydroxylation sites is 2. The van der Waals surface area contributed by atoms with Gasteiger partial charge in [-0.2, -0.15) is 0 Å². The van der Waals surface area contributed by atoms with Crippen LogP contribution in [0.25, 0.3) is 0 Å². The molecule has 3 rings (SSSR count). The molecule has 1 aliphatic rings. The molecule has 1 aliphatic heterocycles. The number of aryl methyl sites for hydroxylation is 1. The van der Waals surface area contributed by atoms with E-state index in [4.69, 9.17) is 16.3 Å². The van der Waals surface area contributed by atoms with Crippen LogP contribution in [0, 0.1) is 6.92 Å². The lowest BCUT2D eigenvalue weighted by molar-refractivity contribution is -0.122. The highest BCUT2D eigenvalue weighted by Gasteiger charge is 2.25. The summed E-state index contributed by atoms with van der Waals surface area (Å²) < 4.78 is 5.73. The van der Waals surface area contributed by atoms with Crippen molar-refractivity contribution in [1.29, 1.82) is 0 Å². The highest BCUT2D eigenvalue weighted by Crippen LogP contribution is 2.28. The first-order valence-electron chi connectivity index (χ1n) is 6.70. The lowest BCUT2D eigenvalue weighted by Crippen LogP contribution is -2.41. The molecular weight excluding hydrogens is 288 g/mol. The van der Waals surface area contributed by atoms with Crippen molar-refractivity contribution in [2.75, 3.05) is 17.2 Å². The Morgan fingerprint density at radius 3 is 3.00 bits per heavy atom. The molecule has 4 nitrogen and oxygen atoms in total. The minimum atomic E-state index is -0.571. The molecule has 0 aliphatic carbocycles. The van der Waals surface area contributed by atoms with Crippen LogP contribution in [0.3, 0.4) is 0 Å². The fraction of sp³-hybridized carbons (Fsp3) is 0.188. The van der Waals surface area contributed by atoms with Gasteiger partial charge >= 0.3 is 0 Å². The predicted octanol–water partition coefficient (Wildman–Crippen LogP) is 3.46. The Bertz CT molecular complexity index is 688. The molecule has 5 heteroatoms. The Balaban J connectivity index is 1.74. The Kier molecular flexibility index (Phi) is 3.71. The topological polar surface area (TPSA) is 50.4 Å². The van der Waals surface area contributed by atoms with Gasteiger partial charge in [0.2, 0.25) is 0 Å². The van der Waals surface area contributed by atoms with Crippen LogP contribution in [0.1, 0.15) is 5.56 Å². The molecule has 0 saturated carbocycles. The number of rotatable bonds is 2. The quantitative estimate of drug-likeness (QED) is 0.893. The Morgan fingerprint density at radius 1 is 1.33 bits per heavy atom. The molecule has 108 valence electrons. The van der Waals surface area contributed by atoms with Gasteiger partial charge in [0.05, 0.1) is 12.2 Å². The lowest BCUT2D eigenvalue weighted by Gasteiger charge is -2.26. The molecule has 2 aromatic carbocycles. The monoisotopic (exact) mass is 302 g/mol. The summed E-state index contributed by atoms with van der Waals surface area (Å²) >= 11 is 5.96. The summed E-state index contributed by atoms with van der Waals surface area (Å²) in [6, 6.07) is 13.0. The molecule has 0 bridgehead atoms. The average molecular weight is 303 g/mol. The fourth-order valence-electron chi connectivity index (χ4n) is 2.20. The van der Waals surface area contributed by atoms with Crippen LogP contribution < -0.4 is 15.4 Å². The summed E-state index contributed by atoms with van der Waals surface area (Å²) in [4.78, 5) is 12.3. The van der Waals surface area contributed by atoms with Gasteiger partial charge < -0.3 is 15.4 Å². The SMILES string of the molecule is Cc1ccc(Cl)cc1NC(=O)C1CNc2ccccc2O1. The van der Waals surface area contributed by atoms with Gasteiger partial charge in [0.15, 0.2) is 6.10 Å². The molecule has 2 aromatic rings. The maximum Gasteiger partial charge on any atom is 0.267 e. The summed E-state index contributed by atoms with van der Waals surface area (Å²) in [7, 11) is 0. The second kappa shape index (κ2) is 5.66. The van der Waals surface area contributed by atoms with Gasteiger partial charge in [-0.25, -0.2) is 0 Å². The minimum absolute atomic E-state index is 0.192. The molecular formula is C16H15ClN2O2. The van der Waals surface area contributed by atoms with Crippen LogP contribution in [0.5, 0.6) is 5.75 Å². The van der Waals surface area contributed by atoms with Gasteiger partial charge in [0, 0.05) is 10.7 Å². The first-order valence-corrected chi connectivity index (χ1v) is 7.08. The fourth-order valence-corrected chi connectivity index (χ4v) is 2.37. The van der Waals surface area contributed by atoms with Crippen molar-refractivity contribution in [2.24, 2.45) is 0 Å². The van der Waals surface area contributed by atoms with Gasteiger partial charge in [-0.15, -0.1) is 0 Å². The van der Waals surface area contributed by atoms with Crippen molar-refractivity contribution in [1.82, 2.24) is 0 Å². The van der Waals surface area contributed by atoms with Crippen molar-refractivity contribution in [2.45, 2.75) is 13.0 Å². The molecule has 1 unspecified atom stereocenters. The normalized spacial score (nSPS) is 16.4. The number of benzene rings is 2. The number of nitrogens with one attached hydrogen (secondary N) is 2. The third-order valence-electron chi connectivity index (χ3n) is 3.38. The van der Waals surface area contributed by atoms with Crippen molar-refractivity contribution < 1.29 is 9.53 Å². The molecule has 0 saturated heterocycles. The summed E-state index contributed by atoms with van der Waals surface area (Å²) in [5.74, 6) is 0.495. The maximum absolute atomic E-state index is 12.3. The van der Waals surface area contributed by atoms with Crippen LogP contribution in [-0.2, 0) is 4.79 Å². The van der Waals surface area contributed by atoms with Crippen molar-refractivity contribution in [3.63, 3.8) is 0 Å². The molecule has 0 fully saturated rings. The zero-order valence-electron chi connectivity index (χ0n) is 11.5. The summed E-state index contributed by atoms with van der Waals surface area (Å²) in [5, 5.41) is 6.64. The highest BCUT2D eigenvalue weighted by molar-refractivity contribution is 6.31. The van der Waals surface area contributed by atoms with E-state index in [0.29, 0.717) is 23.0 Å². The lowest BCUT2D eigenvalue weighted by atomic mass is 10.2. The first kappa shape index (κ1) is 13.8. The number of carbonyl (C=O) groups excluding carboxylic acids is 1. The van der Waals surface area contributed by atoms with Gasteiger partial charge in [-0.05, 0) is 36.8 Å². The average Bonchev–Trinajstić information content (AvgIpc) is 2.50. The second-order valence-corrected chi connectivity index (χ2v) is 5.37. The molecule has 2 N–H and O–H groups in total. The Labute approximate surface area is 128 Å². The molecule has 0 radical (unpaired) electrons. The predicted molar refractivity (Wildman–Crippen MR) is 84.2 cm³/mol. The summed E-state index contributed by atoms with van der Waals surface area (Å²) in [6.45, 7) is 2.35. The summed E-state index contributed by atoms with van der Waals surface area (Å²) in [5.41, 5.74) is 2.56. The number of hydrogen-bond donors (Lipinski definition) is 2. The largest absolute Gasteiger partial charge is 0.477 e. The number of ether oxygens (including phenoxy) is 1. The molecule has 1 amide bonds. The number of fused-ring (bicyclic) bond motifs is 1. The van der Waals surface area contributed by atoms with Crippen LogP contribution in [-0.4, -0.2) is 18.6 Å². The molecule has 1 atom stereocenters. The number of hydrogen-bond acceptors (Lipinski definition) is 3. The van der Waals surface area contributed by atoms with Crippen LogP contribution in [0.2, 0.25) is 5.02 Å². The number of carbonyl (C=O) groups is 1. The molecule has 21 heavy (non-hydrogen) atoms. The van der Waals surface area contributed by atoms with E-state index in [2.05, 4.69) is 10.6 Å². The Hall–Kier alpha value is -2.20. The van der Waals surface area contributed by atoms with Crippen LogP contribution in [0.15, 0.2) is 42.5 Å². The highest BCUT2D eigenvalue weighted by atomic mass is 35.5. The molecule has 1 heterocycles. The van der Waals surface area contributed by atoms with E-state index >= 15 is 0 Å². The first-order chi connectivity index (χ1) is 10.1. The van der Waals surface area contributed by atoms with E-state index in [1.807, 2.05) is 37.3 Å². The van der Waals surface area contributed by atoms with E-state index in [0.717, 1.165) is 11.3 Å². The van der Waals surface area contributed by atoms with E-state index < -0.39 is 6.10 Å². The van der Waals surface area contributed by atoms with Crippen LogP contribution >= 0.6 is 11.6 Å². The second-order valence-electron chi connectivity index (χ2n) is 4.93. The molecule has 0 aromatic heterocycles. The zero-order chi connectivity index (χ0) is 14.8. The third-order valence-corrected chi connectivity index (χ3v) is 3.62. The third kappa shape index (κ3) is 2.95. The van der Waals surface area contributed by atoms with Gasteiger partial charge in [0.1, 0.15) is 5.75 Å². The number of halogens is 1. The van der Waals surface area contributed by atoms with Crippen LogP contribution in [0.4, 0.5) is 11.4 Å². The Morgan fingerprint density at radius 2 is 2.14 bits per heavy atom. The van der Waals surface area contributed by atoms with Crippen molar-refractivity contribution in [3.8, 4) is 5.75 Å². The van der Waals surface area contributed by atoms with E-state index in [9.17, 15) is 4.79 Å². The maximum atomic E-state index is 12.3. The zero-order valence-corrected chi connectivity index (χ0v) is 12.3. The van der Waals surface area contributed by atoms with Crippen molar-refractivity contribution >= 4 is 28.9 Å².